The number of aromatic nitrogens is 4. The third-order valence-corrected chi connectivity index (χ3v) is 6.97. The maximum Gasteiger partial charge on any atom is 0.168 e. The smallest absolute Gasteiger partial charge is 0.168 e. The molecule has 0 radical (unpaired) electrons. The lowest BCUT2D eigenvalue weighted by molar-refractivity contribution is 0.715. The first-order chi connectivity index (χ1) is 14.4. The Morgan fingerprint density at radius 1 is 1.03 bits per heavy atom. The summed E-state index contributed by atoms with van der Waals surface area (Å²) in [5, 5.41) is 17.2. The fraction of sp³-hybridized carbons (Fsp3) is 0.227. The van der Waals surface area contributed by atoms with Crippen LogP contribution in [0.1, 0.15) is 36.8 Å². The molecule has 0 aliphatic carbocycles. The largest absolute Gasteiger partial charge is 0.231 e. The van der Waals surface area contributed by atoms with Gasteiger partial charge in [0.1, 0.15) is 10.7 Å². The molecule has 8 heteroatoms. The van der Waals surface area contributed by atoms with Crippen molar-refractivity contribution in [1.29, 1.82) is 0 Å². The van der Waals surface area contributed by atoms with Crippen molar-refractivity contribution in [2.24, 2.45) is 0 Å². The maximum absolute atomic E-state index is 6.53. The molecule has 1 unspecified atom stereocenters. The Hall–Kier alpha value is -1.92. The Labute approximate surface area is 194 Å². The first kappa shape index (κ1) is 21.3. The zero-order chi connectivity index (χ0) is 21.4. The summed E-state index contributed by atoms with van der Waals surface area (Å²) in [4.78, 5) is 0. The summed E-state index contributed by atoms with van der Waals surface area (Å²) in [7, 11) is 0. The van der Waals surface area contributed by atoms with Crippen LogP contribution >= 0.6 is 46.1 Å². The summed E-state index contributed by atoms with van der Waals surface area (Å²) < 4.78 is 1.83. The predicted molar refractivity (Wildman–Crippen MR) is 126 cm³/mol. The van der Waals surface area contributed by atoms with Gasteiger partial charge < -0.3 is 0 Å². The lowest BCUT2D eigenvalue weighted by atomic mass is 10.1. The lowest BCUT2D eigenvalue weighted by Crippen LogP contribution is -2.00. The number of benzene rings is 2. The fourth-order valence-corrected chi connectivity index (χ4v) is 4.90. The summed E-state index contributed by atoms with van der Waals surface area (Å²) in [5.74, 6) is 0.358. The van der Waals surface area contributed by atoms with E-state index >= 15 is 0 Å². The fourth-order valence-electron chi connectivity index (χ4n) is 3.21. The second-order valence-electron chi connectivity index (χ2n) is 7.09. The van der Waals surface area contributed by atoms with Gasteiger partial charge in [0, 0.05) is 27.1 Å². The third kappa shape index (κ3) is 4.00. The number of nitrogens with zero attached hydrogens (tertiary/aromatic N) is 4. The molecule has 0 fully saturated rings. The van der Waals surface area contributed by atoms with Gasteiger partial charge in [0.25, 0.3) is 0 Å². The van der Waals surface area contributed by atoms with Gasteiger partial charge in [-0.25, -0.2) is 4.68 Å². The van der Waals surface area contributed by atoms with Gasteiger partial charge in [-0.3, -0.25) is 0 Å². The lowest BCUT2D eigenvalue weighted by Gasteiger charge is -2.11. The van der Waals surface area contributed by atoms with Crippen LogP contribution in [0.4, 0.5) is 0 Å². The summed E-state index contributed by atoms with van der Waals surface area (Å²) in [6.45, 7) is 6.33. The summed E-state index contributed by atoms with van der Waals surface area (Å²) in [6.07, 6.45) is 1.01. The van der Waals surface area contributed by atoms with E-state index in [9.17, 15) is 0 Å². The highest BCUT2D eigenvalue weighted by Gasteiger charge is 2.23. The van der Waals surface area contributed by atoms with Crippen LogP contribution in [0.3, 0.4) is 0 Å². The van der Waals surface area contributed by atoms with E-state index in [0.29, 0.717) is 21.0 Å². The van der Waals surface area contributed by atoms with Crippen molar-refractivity contribution in [1.82, 2.24) is 20.0 Å². The molecule has 0 amide bonds. The van der Waals surface area contributed by atoms with E-state index in [-0.39, 0.29) is 0 Å². The highest BCUT2D eigenvalue weighted by molar-refractivity contribution is 7.14. The minimum atomic E-state index is 0.358. The quantitative estimate of drug-likeness (QED) is 0.294. The van der Waals surface area contributed by atoms with Crippen molar-refractivity contribution in [2.75, 3.05) is 0 Å². The molecule has 0 saturated carbocycles. The van der Waals surface area contributed by atoms with E-state index < -0.39 is 0 Å². The van der Waals surface area contributed by atoms with E-state index in [2.05, 4.69) is 24.0 Å². The molecule has 0 aliphatic rings. The second kappa shape index (κ2) is 8.67. The van der Waals surface area contributed by atoms with Crippen LogP contribution in [0, 0.1) is 6.92 Å². The van der Waals surface area contributed by atoms with Gasteiger partial charge in [-0.2, -0.15) is 5.10 Å². The number of hydrogen-bond donors (Lipinski definition) is 0. The Kier molecular flexibility index (Phi) is 6.16. The second-order valence-corrected chi connectivity index (χ2v) is 9.38. The Bertz CT molecular complexity index is 1220. The summed E-state index contributed by atoms with van der Waals surface area (Å²) in [5.41, 5.74) is 4.34. The number of halogens is 3. The molecular weight excluding hydrogens is 459 g/mol. The maximum atomic E-state index is 6.53. The predicted octanol–water partition coefficient (Wildman–Crippen LogP) is 7.84. The average Bonchev–Trinajstić information content (AvgIpc) is 3.32. The van der Waals surface area contributed by atoms with Crippen LogP contribution in [0.2, 0.25) is 15.1 Å². The van der Waals surface area contributed by atoms with Crippen molar-refractivity contribution in [3.8, 4) is 27.6 Å². The van der Waals surface area contributed by atoms with Crippen molar-refractivity contribution in [2.45, 2.75) is 33.1 Å². The standard InChI is InChI=1S/C22H19Cl3N4S/c1-4-12(2)21-26-27-22(30-21)19-13(3)20(14-6-5-7-15(23)10-14)29(28-19)18-9-8-16(24)11-17(18)25/h5-12H,4H2,1-3H3. The molecule has 30 heavy (non-hydrogen) atoms. The molecule has 0 bridgehead atoms. The molecule has 4 nitrogen and oxygen atoms in total. The molecule has 154 valence electrons. The molecule has 0 aliphatic heterocycles. The van der Waals surface area contributed by atoms with Gasteiger partial charge in [0.15, 0.2) is 5.01 Å². The number of hydrogen-bond acceptors (Lipinski definition) is 4. The topological polar surface area (TPSA) is 43.6 Å². The molecule has 2 aromatic heterocycles. The first-order valence-electron chi connectivity index (χ1n) is 9.53. The molecular formula is C22H19Cl3N4S. The van der Waals surface area contributed by atoms with Crippen molar-refractivity contribution in [3.63, 3.8) is 0 Å². The summed E-state index contributed by atoms with van der Waals surface area (Å²) >= 11 is 20.5. The van der Waals surface area contributed by atoms with Crippen molar-refractivity contribution in [3.05, 3.63) is 68.1 Å². The van der Waals surface area contributed by atoms with Gasteiger partial charge >= 0.3 is 0 Å². The van der Waals surface area contributed by atoms with E-state index in [1.807, 2.05) is 41.9 Å². The van der Waals surface area contributed by atoms with Gasteiger partial charge in [-0.1, -0.05) is 72.1 Å². The van der Waals surface area contributed by atoms with Crippen LogP contribution in [0.25, 0.3) is 27.6 Å². The normalized spacial score (nSPS) is 12.3. The average molecular weight is 478 g/mol. The zero-order valence-electron chi connectivity index (χ0n) is 16.7. The van der Waals surface area contributed by atoms with Gasteiger partial charge in [-0.05, 0) is 43.7 Å². The minimum Gasteiger partial charge on any atom is -0.231 e. The molecule has 0 N–H and O–H groups in total. The Morgan fingerprint density at radius 2 is 1.80 bits per heavy atom. The van der Waals surface area contributed by atoms with E-state index in [0.717, 1.165) is 44.6 Å². The monoisotopic (exact) mass is 476 g/mol. The van der Waals surface area contributed by atoms with Crippen LogP contribution in [-0.2, 0) is 0 Å². The molecule has 0 spiro atoms. The van der Waals surface area contributed by atoms with Gasteiger partial charge in [-0.15, -0.1) is 10.2 Å². The van der Waals surface area contributed by atoms with Gasteiger partial charge in [0.05, 0.1) is 16.4 Å². The minimum absolute atomic E-state index is 0.358. The highest BCUT2D eigenvalue weighted by atomic mass is 35.5. The summed E-state index contributed by atoms with van der Waals surface area (Å²) in [6, 6.07) is 13.1. The molecule has 4 rings (SSSR count). The van der Waals surface area contributed by atoms with Gasteiger partial charge in [0.2, 0.25) is 0 Å². The van der Waals surface area contributed by atoms with E-state index in [1.165, 1.54) is 0 Å². The zero-order valence-corrected chi connectivity index (χ0v) is 19.7. The van der Waals surface area contributed by atoms with Crippen LogP contribution in [0.5, 0.6) is 0 Å². The SMILES string of the molecule is CCC(C)c1nnc(-c2nn(-c3ccc(Cl)cc3Cl)c(-c3cccc(Cl)c3)c2C)s1. The van der Waals surface area contributed by atoms with Crippen LogP contribution in [-0.4, -0.2) is 20.0 Å². The molecule has 2 heterocycles. The van der Waals surface area contributed by atoms with Crippen molar-refractivity contribution >= 4 is 46.1 Å². The molecule has 4 aromatic rings. The van der Waals surface area contributed by atoms with E-state index in [1.54, 1.807) is 23.5 Å². The molecule has 0 saturated heterocycles. The Balaban J connectivity index is 1.95. The van der Waals surface area contributed by atoms with Crippen molar-refractivity contribution < 1.29 is 0 Å². The Morgan fingerprint density at radius 3 is 2.50 bits per heavy atom. The van der Waals surface area contributed by atoms with Crippen LogP contribution in [0.15, 0.2) is 42.5 Å². The molecule has 1 atom stereocenters. The number of rotatable bonds is 5. The molecule has 2 aromatic carbocycles. The highest BCUT2D eigenvalue weighted by Crippen LogP contribution is 2.38. The van der Waals surface area contributed by atoms with E-state index in [4.69, 9.17) is 39.9 Å². The van der Waals surface area contributed by atoms with Crippen LogP contribution < -0.4 is 0 Å². The first-order valence-corrected chi connectivity index (χ1v) is 11.5. The third-order valence-electron chi connectivity index (χ3n) is 5.04.